The molecule has 5 nitrogen and oxygen atoms in total. The Labute approximate surface area is 222 Å². The van der Waals surface area contributed by atoms with Gasteiger partial charge in [0.1, 0.15) is 6.10 Å². The number of likely N-dealkylation sites (N-methyl/N-ethyl adjacent to an activating group) is 1. The molecule has 11 heteroatoms. The molecule has 0 spiro atoms. The molecule has 39 heavy (non-hydrogen) atoms. The average Bonchev–Trinajstić information content (AvgIpc) is 3.57. The molecule has 2 heterocycles. The van der Waals surface area contributed by atoms with Crippen LogP contribution in [0.3, 0.4) is 0 Å². The monoisotopic (exact) mass is 556 g/mol. The van der Waals surface area contributed by atoms with E-state index in [4.69, 9.17) is 4.74 Å². The van der Waals surface area contributed by atoms with Gasteiger partial charge in [0, 0.05) is 32.7 Å². The van der Waals surface area contributed by atoms with Crippen molar-refractivity contribution in [2.75, 3.05) is 26.7 Å². The summed E-state index contributed by atoms with van der Waals surface area (Å²) >= 11 is 0. The Morgan fingerprint density at radius 2 is 1.46 bits per heavy atom. The highest BCUT2D eigenvalue weighted by Gasteiger charge is 2.46. The molecule has 2 saturated heterocycles. The van der Waals surface area contributed by atoms with Crippen molar-refractivity contribution in [1.82, 2.24) is 9.80 Å². The van der Waals surface area contributed by atoms with Crippen LogP contribution in [0.15, 0.2) is 48.5 Å². The average molecular weight is 557 g/mol. The second-order valence-electron chi connectivity index (χ2n) is 10.7. The van der Waals surface area contributed by atoms with Crippen molar-refractivity contribution < 1.29 is 40.7 Å². The summed E-state index contributed by atoms with van der Waals surface area (Å²) in [5, 5.41) is 0. The number of rotatable bonds is 5. The molecule has 0 N–H and O–H groups in total. The lowest BCUT2D eigenvalue weighted by Crippen LogP contribution is -2.49. The van der Waals surface area contributed by atoms with E-state index < -0.39 is 52.5 Å². The van der Waals surface area contributed by atoms with E-state index in [1.807, 2.05) is 30.3 Å². The number of likely N-dealkylation sites (tertiary alicyclic amines) is 1. The van der Waals surface area contributed by atoms with Crippen LogP contribution in [0.2, 0.25) is 0 Å². The van der Waals surface area contributed by atoms with Gasteiger partial charge in [-0.3, -0.25) is 9.59 Å². The molecular formula is C28H30F6N2O3. The number of hydrogen-bond donors (Lipinski definition) is 0. The van der Waals surface area contributed by atoms with Gasteiger partial charge in [-0.15, -0.1) is 0 Å². The summed E-state index contributed by atoms with van der Waals surface area (Å²) in [6.07, 6.45) is -9.28. The van der Waals surface area contributed by atoms with Gasteiger partial charge in [0.15, 0.2) is 0 Å². The van der Waals surface area contributed by atoms with Crippen molar-refractivity contribution in [1.29, 1.82) is 0 Å². The van der Waals surface area contributed by atoms with Crippen molar-refractivity contribution in [3.63, 3.8) is 0 Å². The molecule has 0 unspecified atom stereocenters. The molecule has 3 atom stereocenters. The minimum atomic E-state index is -5.03. The van der Waals surface area contributed by atoms with Crippen LogP contribution < -0.4 is 0 Å². The third-order valence-corrected chi connectivity index (χ3v) is 7.70. The van der Waals surface area contributed by atoms with E-state index in [0.29, 0.717) is 31.7 Å². The van der Waals surface area contributed by atoms with Crippen LogP contribution in [0.25, 0.3) is 0 Å². The highest BCUT2D eigenvalue weighted by molar-refractivity contribution is 5.88. The van der Waals surface area contributed by atoms with Crippen molar-refractivity contribution >= 4 is 11.8 Å². The van der Waals surface area contributed by atoms with E-state index in [2.05, 4.69) is 0 Å². The first-order chi connectivity index (χ1) is 18.1. The van der Waals surface area contributed by atoms with E-state index in [0.717, 1.165) is 12.0 Å². The van der Waals surface area contributed by atoms with Crippen molar-refractivity contribution in [3.05, 3.63) is 70.8 Å². The van der Waals surface area contributed by atoms with Crippen molar-refractivity contribution in [3.8, 4) is 0 Å². The Balaban J connectivity index is 1.68. The van der Waals surface area contributed by atoms with Crippen LogP contribution in [0.4, 0.5) is 26.3 Å². The number of hydrogen-bond acceptors (Lipinski definition) is 3. The maximum atomic E-state index is 13.8. The molecule has 0 bridgehead atoms. The van der Waals surface area contributed by atoms with E-state index >= 15 is 0 Å². The Morgan fingerprint density at radius 3 is 1.97 bits per heavy atom. The summed E-state index contributed by atoms with van der Waals surface area (Å²) < 4.78 is 86.6. The van der Waals surface area contributed by atoms with E-state index in [1.54, 1.807) is 4.90 Å². The zero-order valence-electron chi connectivity index (χ0n) is 21.8. The number of carbonyl (C=O) groups excluding carboxylic acids is 2. The standard InChI is InChI=1S/C28H30F6N2O3/c1-26(2,18-12-19(27(29,30)31)14-20(13-18)28(32,33)34)25(38)35(3)22-16-36(24(37)23-10-7-11-39-23)15-21(22)17-8-5-4-6-9-17/h4-6,8-9,12-14,21-23H,7,10-11,15-16H2,1-3H3/t21-,22+,23-/m0/s1. The molecule has 212 valence electrons. The third-order valence-electron chi connectivity index (χ3n) is 7.70. The fourth-order valence-electron chi connectivity index (χ4n) is 5.39. The molecule has 2 aliphatic rings. The van der Waals surface area contributed by atoms with Gasteiger partial charge in [0.2, 0.25) is 5.91 Å². The zero-order chi connectivity index (χ0) is 28.8. The van der Waals surface area contributed by atoms with E-state index in [1.165, 1.54) is 25.8 Å². The normalized spacial score (nSPS) is 22.3. The second-order valence-corrected chi connectivity index (χ2v) is 10.7. The maximum Gasteiger partial charge on any atom is 0.416 e. The molecule has 0 saturated carbocycles. The summed E-state index contributed by atoms with van der Waals surface area (Å²) in [6.45, 7) is 3.56. The molecule has 0 radical (unpaired) electrons. The van der Waals surface area contributed by atoms with Crippen LogP contribution in [-0.4, -0.2) is 60.5 Å². The topological polar surface area (TPSA) is 49.9 Å². The molecule has 2 fully saturated rings. The number of halogens is 6. The summed E-state index contributed by atoms with van der Waals surface area (Å²) in [7, 11) is 1.48. The largest absolute Gasteiger partial charge is 0.416 e. The summed E-state index contributed by atoms with van der Waals surface area (Å²) in [5.74, 6) is -1.16. The van der Waals surface area contributed by atoms with Gasteiger partial charge < -0.3 is 14.5 Å². The van der Waals surface area contributed by atoms with Crippen LogP contribution >= 0.6 is 0 Å². The lowest BCUT2D eigenvalue weighted by molar-refractivity contribution is -0.144. The Hall–Kier alpha value is -3.08. The van der Waals surface area contributed by atoms with Gasteiger partial charge in [-0.25, -0.2) is 0 Å². The van der Waals surface area contributed by atoms with Crippen molar-refractivity contribution in [2.45, 2.75) is 62.5 Å². The Bertz CT molecular complexity index is 1170. The van der Waals surface area contributed by atoms with E-state index in [-0.39, 0.29) is 24.4 Å². The van der Waals surface area contributed by atoms with Gasteiger partial charge in [-0.2, -0.15) is 26.3 Å². The lowest BCUT2D eigenvalue weighted by atomic mass is 9.80. The van der Waals surface area contributed by atoms with Crippen LogP contribution in [0, 0.1) is 0 Å². The first kappa shape index (κ1) is 28.9. The molecule has 2 aromatic carbocycles. The van der Waals surface area contributed by atoms with Gasteiger partial charge in [0.25, 0.3) is 5.91 Å². The second kappa shape index (κ2) is 10.5. The number of nitrogens with zero attached hydrogens (tertiary/aromatic N) is 2. The van der Waals surface area contributed by atoms with Crippen LogP contribution in [-0.2, 0) is 32.1 Å². The number of amides is 2. The van der Waals surface area contributed by atoms with Crippen molar-refractivity contribution in [2.24, 2.45) is 0 Å². The smallest absolute Gasteiger partial charge is 0.368 e. The fraction of sp³-hybridized carbons (Fsp3) is 0.500. The SMILES string of the molecule is CN(C(=O)C(C)(C)c1cc(C(F)(F)F)cc(C(F)(F)F)c1)[C@@H]1CN(C(=O)[C@@H]2CCCO2)C[C@H]1c1ccccc1. The molecule has 0 aromatic heterocycles. The molecule has 4 rings (SSSR count). The minimum Gasteiger partial charge on any atom is -0.368 e. The summed E-state index contributed by atoms with van der Waals surface area (Å²) in [6, 6.07) is 9.88. The summed E-state index contributed by atoms with van der Waals surface area (Å²) in [4.78, 5) is 29.9. The van der Waals surface area contributed by atoms with Crippen LogP contribution in [0.1, 0.15) is 54.9 Å². The highest BCUT2D eigenvalue weighted by Crippen LogP contribution is 2.40. The quantitative estimate of drug-likeness (QED) is 0.449. The predicted octanol–water partition coefficient (Wildman–Crippen LogP) is 5.63. The molecular weight excluding hydrogens is 526 g/mol. The fourth-order valence-corrected chi connectivity index (χ4v) is 5.39. The first-order valence-electron chi connectivity index (χ1n) is 12.6. The first-order valence-corrected chi connectivity index (χ1v) is 12.6. The molecule has 0 aliphatic carbocycles. The van der Waals surface area contributed by atoms with E-state index in [9.17, 15) is 35.9 Å². The van der Waals surface area contributed by atoms with Gasteiger partial charge >= 0.3 is 12.4 Å². The number of carbonyl (C=O) groups is 2. The van der Waals surface area contributed by atoms with Gasteiger partial charge in [-0.1, -0.05) is 30.3 Å². The third kappa shape index (κ3) is 5.92. The number of ether oxygens (including phenoxy) is 1. The number of benzene rings is 2. The number of alkyl halides is 6. The predicted molar refractivity (Wildman–Crippen MR) is 131 cm³/mol. The minimum absolute atomic E-state index is 0.0464. The van der Waals surface area contributed by atoms with Gasteiger partial charge in [0.05, 0.1) is 22.6 Å². The highest BCUT2D eigenvalue weighted by atomic mass is 19.4. The Kier molecular flexibility index (Phi) is 7.77. The zero-order valence-corrected chi connectivity index (χ0v) is 21.8. The maximum absolute atomic E-state index is 13.8. The lowest BCUT2D eigenvalue weighted by Gasteiger charge is -2.36. The van der Waals surface area contributed by atoms with Gasteiger partial charge in [-0.05, 0) is 56.0 Å². The van der Waals surface area contributed by atoms with Crippen LogP contribution in [0.5, 0.6) is 0 Å². The molecule has 2 amide bonds. The summed E-state index contributed by atoms with van der Waals surface area (Å²) in [5.41, 5.74) is -4.23. The molecule has 2 aromatic rings. The Morgan fingerprint density at radius 1 is 0.897 bits per heavy atom. The molecule has 2 aliphatic heterocycles.